The zero-order chi connectivity index (χ0) is 30.6. The molecule has 1 unspecified atom stereocenters. The molecule has 1 aliphatic rings. The highest BCUT2D eigenvalue weighted by Crippen LogP contribution is 2.42. The molecule has 0 spiro atoms. The van der Waals surface area contributed by atoms with Crippen molar-refractivity contribution < 1.29 is 37.9 Å². The van der Waals surface area contributed by atoms with E-state index in [0.717, 1.165) is 0 Å². The van der Waals surface area contributed by atoms with Gasteiger partial charge in [0.25, 0.3) is 0 Å². The van der Waals surface area contributed by atoms with Crippen LogP contribution in [0.4, 0.5) is 16.2 Å². The van der Waals surface area contributed by atoms with E-state index in [1.54, 1.807) is 40.0 Å². The number of hydrogen-bond acceptors (Lipinski definition) is 13. The summed E-state index contributed by atoms with van der Waals surface area (Å²) in [5, 5.41) is 13.8. The standard InChI is InChI=1S/C25H34FN8O7P/c1-6-25(19(35)17(26)22(40-25)34-12-29-18-20(28-5)30-24(27)31-21(18)34)11-38-15-7-9-16(10-8-15)41-42(37)33-32-14(4)23(36)39-13(2)3/h7-10,12-14,17,19,22,32,35H,6,11H2,1-5H3,(H3,27,28,30,31)/t14-,17+,19-,22+,25+/m0/s1. The van der Waals surface area contributed by atoms with Crippen LogP contribution in [0.25, 0.3) is 11.2 Å². The molecule has 5 N–H and O–H groups in total. The van der Waals surface area contributed by atoms with Crippen molar-refractivity contribution in [2.45, 2.75) is 70.4 Å². The number of carbonyl (C=O) groups excluding carboxylic acids is 1. The lowest BCUT2D eigenvalue weighted by atomic mass is 9.94. The monoisotopic (exact) mass is 608 g/mol. The molecule has 42 heavy (non-hydrogen) atoms. The number of esters is 1. The van der Waals surface area contributed by atoms with Crippen molar-refractivity contribution in [3.8, 4) is 11.5 Å². The molecule has 1 aliphatic heterocycles. The van der Waals surface area contributed by atoms with Crippen LogP contribution in [0.5, 0.6) is 11.5 Å². The molecule has 3 heterocycles. The van der Waals surface area contributed by atoms with E-state index in [4.69, 9.17) is 24.5 Å². The van der Waals surface area contributed by atoms with E-state index in [9.17, 15) is 14.8 Å². The number of fused-ring (bicyclic) bond motifs is 1. The first-order chi connectivity index (χ1) is 20.0. The third kappa shape index (κ3) is 6.68. The molecule has 1 saturated heterocycles. The highest BCUT2D eigenvalue weighted by atomic mass is 31.1. The number of hydrogen-bond donors (Lipinski definition) is 4. The maximum Gasteiger partial charge on any atom is 0.412 e. The molecule has 17 heteroatoms. The quantitative estimate of drug-likeness (QED) is 0.132. The van der Waals surface area contributed by atoms with E-state index in [0.29, 0.717) is 17.1 Å². The molecule has 228 valence electrons. The Bertz CT molecular complexity index is 1430. The van der Waals surface area contributed by atoms with Gasteiger partial charge in [0.2, 0.25) is 5.95 Å². The van der Waals surface area contributed by atoms with Gasteiger partial charge in [-0.05, 0) is 51.5 Å². The number of nitrogens with zero attached hydrogens (tertiary/aromatic N) is 5. The summed E-state index contributed by atoms with van der Waals surface area (Å²) < 4.78 is 39.2. The fraction of sp³-hybridized carbons (Fsp3) is 0.520. The van der Waals surface area contributed by atoms with Gasteiger partial charge in [0, 0.05) is 11.9 Å². The number of alkyl halides is 1. The summed E-state index contributed by atoms with van der Waals surface area (Å²) >= 11 is 0. The van der Waals surface area contributed by atoms with Gasteiger partial charge >= 0.3 is 14.1 Å². The van der Waals surface area contributed by atoms with Crippen LogP contribution in [0.2, 0.25) is 0 Å². The average Bonchev–Trinajstić information content (AvgIpc) is 3.49. The van der Waals surface area contributed by atoms with Crippen molar-refractivity contribution in [1.82, 2.24) is 24.9 Å². The number of aliphatic hydroxyl groups excluding tert-OH is 1. The molecule has 2 aromatic heterocycles. The summed E-state index contributed by atoms with van der Waals surface area (Å²) in [6.07, 6.45) is -3.28. The summed E-state index contributed by atoms with van der Waals surface area (Å²) in [5.41, 5.74) is 7.50. The van der Waals surface area contributed by atoms with Crippen molar-refractivity contribution in [2.75, 3.05) is 24.7 Å². The molecule has 0 bridgehead atoms. The first-order valence-corrected chi connectivity index (χ1v) is 14.3. The minimum Gasteiger partial charge on any atom is -0.574 e. The van der Waals surface area contributed by atoms with Gasteiger partial charge in [-0.2, -0.15) is 15.4 Å². The van der Waals surface area contributed by atoms with E-state index in [-0.39, 0.29) is 36.5 Å². The Morgan fingerprint density at radius 2 is 2.00 bits per heavy atom. The largest absolute Gasteiger partial charge is 0.574 e. The second-order valence-corrected chi connectivity index (χ2v) is 10.7. The second-order valence-electron chi connectivity index (χ2n) is 9.85. The lowest BCUT2D eigenvalue weighted by molar-refractivity contribution is -0.169. The number of ether oxygens (including phenoxy) is 3. The highest BCUT2D eigenvalue weighted by molar-refractivity contribution is 7.33. The fourth-order valence-corrected chi connectivity index (χ4v) is 4.88. The van der Waals surface area contributed by atoms with Crippen LogP contribution in [0.15, 0.2) is 35.4 Å². The van der Waals surface area contributed by atoms with Gasteiger partial charge in [-0.15, -0.1) is 0 Å². The molecule has 15 nitrogen and oxygen atoms in total. The molecule has 4 rings (SSSR count). The van der Waals surface area contributed by atoms with E-state index in [2.05, 4.69) is 30.5 Å². The smallest absolute Gasteiger partial charge is 0.412 e. The molecule has 0 saturated carbocycles. The summed E-state index contributed by atoms with van der Waals surface area (Å²) in [6, 6.07) is 5.29. The molecule has 0 amide bonds. The normalized spacial score (nSPS) is 23.3. The van der Waals surface area contributed by atoms with E-state index in [1.807, 2.05) is 0 Å². The number of nitrogens with two attached hydrogens (primary N) is 1. The summed E-state index contributed by atoms with van der Waals surface area (Å²) in [5.74, 6) is 0.401. The SMILES string of the molecule is CC[C@]1(COc2ccc(O/[P+]([O-])=N/N[C@@H](C)C(=O)OC(C)C)cc2)O[C@@H](n2cnc3c(NC)nc(N)nc32)[C@H](F)[C@@H]1O. The topological polar surface area (TPSA) is 203 Å². The third-order valence-electron chi connectivity index (χ3n) is 6.55. The first-order valence-electron chi connectivity index (χ1n) is 13.2. The number of nitrogen functional groups attached to an aromatic ring is 1. The van der Waals surface area contributed by atoms with Crippen LogP contribution in [0, 0.1) is 0 Å². The predicted octanol–water partition coefficient (Wildman–Crippen LogP) is 1.99. The van der Waals surface area contributed by atoms with Crippen molar-refractivity contribution in [2.24, 2.45) is 4.85 Å². The van der Waals surface area contributed by atoms with Crippen LogP contribution in [0.1, 0.15) is 40.3 Å². The molecule has 3 aromatic rings. The fourth-order valence-electron chi connectivity index (χ4n) is 4.27. The number of halogens is 1. The Morgan fingerprint density at radius 3 is 2.64 bits per heavy atom. The lowest BCUT2D eigenvalue weighted by Crippen LogP contribution is -2.46. The molecule has 0 aliphatic carbocycles. The average molecular weight is 609 g/mol. The number of aromatic nitrogens is 4. The lowest BCUT2D eigenvalue weighted by Gasteiger charge is -2.30. The Kier molecular flexibility index (Phi) is 9.74. The highest BCUT2D eigenvalue weighted by Gasteiger charge is 2.56. The molecule has 0 radical (unpaired) electrons. The molecule has 1 aromatic carbocycles. The molecule has 1 fully saturated rings. The van der Waals surface area contributed by atoms with Crippen molar-refractivity contribution in [3.05, 3.63) is 30.6 Å². The number of anilines is 2. The number of nitrogens with one attached hydrogen (secondary N) is 2. The molecule has 6 atom stereocenters. The van der Waals surface area contributed by atoms with Crippen molar-refractivity contribution in [1.29, 1.82) is 0 Å². The van der Waals surface area contributed by atoms with Gasteiger partial charge in [-0.1, -0.05) is 6.92 Å². The summed E-state index contributed by atoms with van der Waals surface area (Å²) in [7, 11) is -0.884. The van der Waals surface area contributed by atoms with Gasteiger partial charge < -0.3 is 35.3 Å². The van der Waals surface area contributed by atoms with Crippen LogP contribution in [-0.4, -0.2) is 74.3 Å². The summed E-state index contributed by atoms with van der Waals surface area (Å²) in [4.78, 5) is 40.2. The number of benzene rings is 1. The Balaban J connectivity index is 1.40. The van der Waals surface area contributed by atoms with Gasteiger partial charge in [0.1, 0.15) is 30.1 Å². The Labute approximate surface area is 242 Å². The number of rotatable bonds is 12. The van der Waals surface area contributed by atoms with E-state index < -0.39 is 44.3 Å². The van der Waals surface area contributed by atoms with Crippen LogP contribution < -0.4 is 30.6 Å². The van der Waals surface area contributed by atoms with Gasteiger partial charge in [-0.25, -0.2) is 9.37 Å². The predicted molar refractivity (Wildman–Crippen MR) is 149 cm³/mol. The van der Waals surface area contributed by atoms with Gasteiger partial charge in [0.15, 0.2) is 35.1 Å². The minimum absolute atomic E-state index is 0.0320. The summed E-state index contributed by atoms with van der Waals surface area (Å²) in [6.45, 7) is 6.53. The second kappa shape index (κ2) is 13.1. The molecular formula is C25H34FN8O7P. The van der Waals surface area contributed by atoms with Crippen LogP contribution >= 0.6 is 8.17 Å². The van der Waals surface area contributed by atoms with Gasteiger partial charge in [-0.3, -0.25) is 13.9 Å². The first kappa shape index (κ1) is 31.3. The zero-order valence-corrected chi connectivity index (χ0v) is 24.6. The van der Waals surface area contributed by atoms with Crippen molar-refractivity contribution in [3.63, 3.8) is 0 Å². The van der Waals surface area contributed by atoms with E-state index >= 15 is 4.39 Å². The maximum atomic E-state index is 15.5. The molecular weight excluding hydrogens is 574 g/mol. The van der Waals surface area contributed by atoms with E-state index in [1.165, 1.54) is 30.0 Å². The van der Waals surface area contributed by atoms with Crippen LogP contribution in [0.3, 0.4) is 0 Å². The Hall–Kier alpha value is -3.69. The van der Waals surface area contributed by atoms with Crippen molar-refractivity contribution >= 4 is 37.1 Å². The minimum atomic E-state index is -2.53. The number of carbonyl (C=O) groups is 1. The Morgan fingerprint density at radius 1 is 1.31 bits per heavy atom. The maximum absolute atomic E-state index is 15.5. The van der Waals surface area contributed by atoms with Gasteiger partial charge in [0.05, 0.1) is 12.4 Å². The number of aliphatic hydroxyl groups is 1. The zero-order valence-electron chi connectivity index (χ0n) is 23.7. The van der Waals surface area contributed by atoms with Crippen LogP contribution in [-0.2, 0) is 14.3 Å². The number of imidazole rings is 1. The third-order valence-corrected chi connectivity index (χ3v) is 7.19.